The van der Waals surface area contributed by atoms with Crippen LogP contribution in [0, 0.1) is 0 Å². The van der Waals surface area contributed by atoms with E-state index in [1.54, 1.807) is 13.1 Å². The molecule has 2 heteroatoms. The van der Waals surface area contributed by atoms with Gasteiger partial charge in [-0.05, 0) is 13.0 Å². The van der Waals surface area contributed by atoms with Gasteiger partial charge in [0.2, 0.25) is 0 Å². The van der Waals surface area contributed by atoms with Gasteiger partial charge in [0.1, 0.15) is 0 Å². The van der Waals surface area contributed by atoms with Gasteiger partial charge < -0.3 is 5.32 Å². The molecule has 0 bridgehead atoms. The standard InChI is InChI=1S/C9H14N2/c1-6-7(2)11-9(4)8(3)10-5/h6,10H,1,3-4H2,2,5H3/b11-7-. The Morgan fingerprint density at radius 1 is 1.45 bits per heavy atom. The van der Waals surface area contributed by atoms with Crippen molar-refractivity contribution in [2.45, 2.75) is 6.92 Å². The Hall–Kier alpha value is -1.31. The van der Waals surface area contributed by atoms with Crippen LogP contribution < -0.4 is 5.32 Å². The summed E-state index contributed by atoms with van der Waals surface area (Å²) in [5.41, 5.74) is 2.21. The van der Waals surface area contributed by atoms with E-state index >= 15 is 0 Å². The highest BCUT2D eigenvalue weighted by molar-refractivity contribution is 5.93. The molecule has 2 nitrogen and oxygen atoms in total. The maximum Gasteiger partial charge on any atom is 0.0786 e. The largest absolute Gasteiger partial charge is 0.387 e. The minimum atomic E-state index is 0.643. The van der Waals surface area contributed by atoms with Crippen LogP contribution in [0.15, 0.2) is 42.2 Å². The lowest BCUT2D eigenvalue weighted by Crippen LogP contribution is -2.05. The third-order valence-electron chi connectivity index (χ3n) is 1.26. The van der Waals surface area contributed by atoms with E-state index in [-0.39, 0.29) is 0 Å². The molecular weight excluding hydrogens is 136 g/mol. The number of hydrogen-bond acceptors (Lipinski definition) is 2. The average molecular weight is 150 g/mol. The quantitative estimate of drug-likeness (QED) is 0.480. The number of aliphatic imine (C=N–C) groups is 1. The molecule has 0 unspecified atom stereocenters. The molecule has 0 aliphatic rings. The minimum absolute atomic E-state index is 0.643. The second-order valence-corrected chi connectivity index (χ2v) is 2.13. The van der Waals surface area contributed by atoms with Gasteiger partial charge in [-0.25, -0.2) is 0 Å². The number of nitrogens with one attached hydrogen (secondary N) is 1. The summed E-state index contributed by atoms with van der Waals surface area (Å²) in [6, 6.07) is 0. The van der Waals surface area contributed by atoms with Gasteiger partial charge in [-0.1, -0.05) is 19.7 Å². The molecular formula is C9H14N2. The second-order valence-electron chi connectivity index (χ2n) is 2.13. The molecule has 0 aromatic rings. The summed E-state index contributed by atoms with van der Waals surface area (Å²) >= 11 is 0. The van der Waals surface area contributed by atoms with Crippen LogP contribution in [0.2, 0.25) is 0 Å². The van der Waals surface area contributed by atoms with Gasteiger partial charge in [-0.3, -0.25) is 4.99 Å². The molecule has 0 saturated carbocycles. The van der Waals surface area contributed by atoms with Gasteiger partial charge >= 0.3 is 0 Å². The normalized spacial score (nSPS) is 10.5. The molecule has 0 fully saturated rings. The van der Waals surface area contributed by atoms with E-state index in [1.165, 1.54) is 0 Å². The molecule has 0 rings (SSSR count). The smallest absolute Gasteiger partial charge is 0.0786 e. The Bertz CT molecular complexity index is 212. The van der Waals surface area contributed by atoms with Crippen molar-refractivity contribution in [1.29, 1.82) is 0 Å². The molecule has 0 aliphatic carbocycles. The number of rotatable bonds is 4. The summed E-state index contributed by atoms with van der Waals surface area (Å²) in [4.78, 5) is 4.11. The first-order valence-electron chi connectivity index (χ1n) is 3.35. The Morgan fingerprint density at radius 2 is 2.00 bits per heavy atom. The lowest BCUT2D eigenvalue weighted by Gasteiger charge is -2.02. The summed E-state index contributed by atoms with van der Waals surface area (Å²) < 4.78 is 0. The van der Waals surface area contributed by atoms with Crippen molar-refractivity contribution < 1.29 is 0 Å². The lowest BCUT2D eigenvalue weighted by atomic mass is 10.3. The Morgan fingerprint density at radius 3 is 2.36 bits per heavy atom. The molecule has 1 N–H and O–H groups in total. The Kier molecular flexibility index (Phi) is 3.96. The van der Waals surface area contributed by atoms with Crippen molar-refractivity contribution in [3.63, 3.8) is 0 Å². The summed E-state index contributed by atoms with van der Waals surface area (Å²) in [7, 11) is 1.78. The van der Waals surface area contributed by atoms with Crippen molar-refractivity contribution in [2.75, 3.05) is 7.05 Å². The zero-order chi connectivity index (χ0) is 8.85. The van der Waals surface area contributed by atoms with E-state index in [9.17, 15) is 0 Å². The zero-order valence-corrected chi connectivity index (χ0v) is 7.15. The highest BCUT2D eigenvalue weighted by Crippen LogP contribution is 2.02. The fraction of sp³-hybridized carbons (Fsp3) is 0.222. The van der Waals surface area contributed by atoms with Gasteiger partial charge in [0.15, 0.2) is 0 Å². The molecule has 0 heterocycles. The van der Waals surface area contributed by atoms with Gasteiger partial charge in [-0.15, -0.1) is 0 Å². The van der Waals surface area contributed by atoms with E-state index in [0.717, 1.165) is 11.4 Å². The van der Waals surface area contributed by atoms with Crippen LogP contribution in [0.5, 0.6) is 0 Å². The van der Waals surface area contributed by atoms with Gasteiger partial charge in [0, 0.05) is 12.8 Å². The van der Waals surface area contributed by atoms with Crippen molar-refractivity contribution in [3.05, 3.63) is 37.2 Å². The van der Waals surface area contributed by atoms with Crippen LogP contribution >= 0.6 is 0 Å². The van der Waals surface area contributed by atoms with E-state index in [4.69, 9.17) is 0 Å². The zero-order valence-electron chi connectivity index (χ0n) is 7.15. The Labute approximate surface area is 68.0 Å². The van der Waals surface area contributed by atoms with Crippen LogP contribution in [-0.4, -0.2) is 12.8 Å². The SMILES string of the molecule is C=C/C(C)=N\C(=C)C(=C)NC. The molecule has 0 aromatic heterocycles. The molecule has 0 aliphatic heterocycles. The van der Waals surface area contributed by atoms with Crippen LogP contribution in [0.4, 0.5) is 0 Å². The van der Waals surface area contributed by atoms with Crippen LogP contribution in [0.3, 0.4) is 0 Å². The van der Waals surface area contributed by atoms with E-state index in [2.05, 4.69) is 30.0 Å². The van der Waals surface area contributed by atoms with Gasteiger partial charge in [0.05, 0.1) is 11.4 Å². The van der Waals surface area contributed by atoms with Crippen LogP contribution in [0.1, 0.15) is 6.92 Å². The number of hydrogen-bond donors (Lipinski definition) is 1. The first-order valence-corrected chi connectivity index (χ1v) is 3.35. The predicted octanol–water partition coefficient (Wildman–Crippen LogP) is 1.88. The highest BCUT2D eigenvalue weighted by atomic mass is 14.9. The topological polar surface area (TPSA) is 24.4 Å². The van der Waals surface area contributed by atoms with E-state index < -0.39 is 0 Å². The van der Waals surface area contributed by atoms with Crippen molar-refractivity contribution in [1.82, 2.24) is 5.32 Å². The lowest BCUT2D eigenvalue weighted by molar-refractivity contribution is 1.000. The summed E-state index contributed by atoms with van der Waals surface area (Å²) in [5, 5.41) is 2.86. The van der Waals surface area contributed by atoms with Gasteiger partial charge in [0.25, 0.3) is 0 Å². The van der Waals surface area contributed by atoms with Gasteiger partial charge in [-0.2, -0.15) is 0 Å². The molecule has 0 saturated heterocycles. The number of likely N-dealkylation sites (N-methyl/N-ethyl adjacent to an activating group) is 1. The van der Waals surface area contributed by atoms with Crippen LogP contribution in [-0.2, 0) is 0 Å². The maximum atomic E-state index is 4.11. The van der Waals surface area contributed by atoms with Crippen molar-refractivity contribution in [2.24, 2.45) is 4.99 Å². The monoisotopic (exact) mass is 150 g/mol. The molecule has 11 heavy (non-hydrogen) atoms. The van der Waals surface area contributed by atoms with Crippen molar-refractivity contribution >= 4 is 5.71 Å². The molecule has 0 radical (unpaired) electrons. The average Bonchev–Trinajstić information content (AvgIpc) is 2.02. The minimum Gasteiger partial charge on any atom is -0.387 e. The fourth-order valence-electron chi connectivity index (χ4n) is 0.470. The van der Waals surface area contributed by atoms with E-state index in [0.29, 0.717) is 5.70 Å². The maximum absolute atomic E-state index is 4.11. The molecule has 0 spiro atoms. The highest BCUT2D eigenvalue weighted by Gasteiger charge is 1.93. The van der Waals surface area contributed by atoms with Crippen molar-refractivity contribution in [3.8, 4) is 0 Å². The van der Waals surface area contributed by atoms with Crippen LogP contribution in [0.25, 0.3) is 0 Å². The molecule has 0 amide bonds. The first kappa shape index (κ1) is 9.69. The summed E-state index contributed by atoms with van der Waals surface area (Å²) in [6.45, 7) is 12.9. The third kappa shape index (κ3) is 3.40. The number of allylic oxidation sites excluding steroid dienone is 1. The molecule has 0 atom stereocenters. The second kappa shape index (κ2) is 4.50. The first-order chi connectivity index (χ1) is 5.11. The summed E-state index contributed by atoms with van der Waals surface area (Å²) in [6.07, 6.45) is 1.67. The number of nitrogens with zero attached hydrogens (tertiary/aromatic N) is 1. The molecule has 0 aromatic carbocycles. The predicted molar refractivity (Wildman–Crippen MR) is 50.6 cm³/mol. The summed E-state index contributed by atoms with van der Waals surface area (Å²) in [5.74, 6) is 0. The van der Waals surface area contributed by atoms with E-state index in [1.807, 2.05) is 6.92 Å². The Balaban J connectivity index is 4.28. The fourth-order valence-corrected chi connectivity index (χ4v) is 0.470. The molecule has 60 valence electrons. The third-order valence-corrected chi connectivity index (χ3v) is 1.26.